The molecule has 0 atom stereocenters. The number of nitrogens with zero attached hydrogens (tertiary/aromatic N) is 2. The number of amides is 1. The Hall–Kier alpha value is -2.99. The second kappa shape index (κ2) is 7.49. The molecule has 1 aromatic heterocycles. The van der Waals surface area contributed by atoms with Crippen LogP contribution in [0.4, 0.5) is 10.1 Å². The minimum Gasteiger partial charge on any atom is -0.495 e. The standard InChI is InChI=1S/C19H15ClFN3O2/c1-11-15(10-22-18(23-11)12-3-6-14(21)7-4-12)19(25)24-16-9-13(20)5-8-17(16)26-2/h3-10H,1-2H3,(H,24,25). The van der Waals surface area contributed by atoms with Gasteiger partial charge in [-0.1, -0.05) is 11.6 Å². The van der Waals surface area contributed by atoms with Gasteiger partial charge in [-0.15, -0.1) is 0 Å². The van der Waals surface area contributed by atoms with E-state index in [2.05, 4.69) is 15.3 Å². The van der Waals surface area contributed by atoms with Gasteiger partial charge in [0.25, 0.3) is 5.91 Å². The van der Waals surface area contributed by atoms with Crippen molar-refractivity contribution in [1.82, 2.24) is 9.97 Å². The minimum absolute atomic E-state index is 0.317. The Balaban J connectivity index is 1.86. The Kier molecular flexibility index (Phi) is 5.14. The van der Waals surface area contributed by atoms with Gasteiger partial charge in [-0.2, -0.15) is 0 Å². The van der Waals surface area contributed by atoms with Crippen molar-refractivity contribution >= 4 is 23.2 Å². The molecular formula is C19H15ClFN3O2. The van der Waals surface area contributed by atoms with Gasteiger partial charge in [0.2, 0.25) is 0 Å². The van der Waals surface area contributed by atoms with E-state index < -0.39 is 0 Å². The Morgan fingerprint density at radius 3 is 2.58 bits per heavy atom. The second-order valence-corrected chi connectivity index (χ2v) is 5.93. The molecule has 0 aliphatic carbocycles. The molecule has 0 aliphatic rings. The number of aromatic nitrogens is 2. The maximum atomic E-state index is 13.0. The normalized spacial score (nSPS) is 10.5. The summed E-state index contributed by atoms with van der Waals surface area (Å²) in [6.45, 7) is 1.71. The Labute approximate surface area is 154 Å². The van der Waals surface area contributed by atoms with E-state index in [9.17, 15) is 9.18 Å². The molecular weight excluding hydrogens is 357 g/mol. The summed E-state index contributed by atoms with van der Waals surface area (Å²) in [6.07, 6.45) is 1.44. The van der Waals surface area contributed by atoms with E-state index in [1.807, 2.05) is 0 Å². The first-order chi connectivity index (χ1) is 12.5. The van der Waals surface area contributed by atoms with Crippen LogP contribution in [0.15, 0.2) is 48.7 Å². The number of hydrogen-bond acceptors (Lipinski definition) is 4. The molecule has 1 amide bonds. The molecule has 0 fully saturated rings. The summed E-state index contributed by atoms with van der Waals surface area (Å²) >= 11 is 5.98. The third kappa shape index (κ3) is 3.81. The highest BCUT2D eigenvalue weighted by molar-refractivity contribution is 6.31. The number of carbonyl (C=O) groups excluding carboxylic acids is 1. The number of aryl methyl sites for hydroxylation is 1. The van der Waals surface area contributed by atoms with Gasteiger partial charge in [-0.25, -0.2) is 14.4 Å². The lowest BCUT2D eigenvalue weighted by Crippen LogP contribution is -2.15. The first kappa shape index (κ1) is 17.8. The smallest absolute Gasteiger partial charge is 0.259 e. The van der Waals surface area contributed by atoms with Crippen molar-refractivity contribution in [2.75, 3.05) is 12.4 Å². The molecule has 0 aliphatic heterocycles. The van der Waals surface area contributed by atoms with Crippen molar-refractivity contribution in [3.63, 3.8) is 0 Å². The van der Waals surface area contributed by atoms with Crippen LogP contribution < -0.4 is 10.1 Å². The molecule has 0 saturated heterocycles. The van der Waals surface area contributed by atoms with E-state index in [0.29, 0.717) is 39.1 Å². The van der Waals surface area contributed by atoms with Gasteiger partial charge in [0.05, 0.1) is 24.1 Å². The van der Waals surface area contributed by atoms with Crippen molar-refractivity contribution in [2.24, 2.45) is 0 Å². The highest BCUT2D eigenvalue weighted by Crippen LogP contribution is 2.28. The van der Waals surface area contributed by atoms with Crippen LogP contribution in [-0.2, 0) is 0 Å². The largest absolute Gasteiger partial charge is 0.495 e. The maximum absolute atomic E-state index is 13.0. The van der Waals surface area contributed by atoms with Gasteiger partial charge in [0.1, 0.15) is 11.6 Å². The molecule has 7 heteroatoms. The Morgan fingerprint density at radius 1 is 1.19 bits per heavy atom. The van der Waals surface area contributed by atoms with Gasteiger partial charge in [0, 0.05) is 16.8 Å². The number of nitrogens with one attached hydrogen (secondary N) is 1. The molecule has 5 nitrogen and oxygen atoms in total. The molecule has 3 rings (SSSR count). The van der Waals surface area contributed by atoms with Gasteiger partial charge in [-0.3, -0.25) is 4.79 Å². The first-order valence-corrected chi connectivity index (χ1v) is 8.10. The SMILES string of the molecule is COc1ccc(Cl)cc1NC(=O)c1cnc(-c2ccc(F)cc2)nc1C. The third-order valence-electron chi connectivity index (χ3n) is 3.74. The lowest BCUT2D eigenvalue weighted by molar-refractivity contribution is 0.102. The molecule has 0 radical (unpaired) electrons. The first-order valence-electron chi connectivity index (χ1n) is 7.72. The molecule has 26 heavy (non-hydrogen) atoms. The topological polar surface area (TPSA) is 64.1 Å². The van der Waals surface area contributed by atoms with Crippen molar-refractivity contribution in [1.29, 1.82) is 0 Å². The molecule has 0 spiro atoms. The van der Waals surface area contributed by atoms with Crippen LogP contribution in [0.2, 0.25) is 5.02 Å². The molecule has 2 aromatic carbocycles. The van der Waals surface area contributed by atoms with E-state index in [0.717, 1.165) is 0 Å². The van der Waals surface area contributed by atoms with E-state index in [1.165, 1.54) is 25.4 Å². The zero-order valence-corrected chi connectivity index (χ0v) is 14.8. The maximum Gasteiger partial charge on any atom is 0.259 e. The number of benzene rings is 2. The molecule has 3 aromatic rings. The van der Waals surface area contributed by atoms with Crippen LogP contribution >= 0.6 is 11.6 Å². The van der Waals surface area contributed by atoms with Crippen molar-refractivity contribution < 1.29 is 13.9 Å². The number of halogens is 2. The average Bonchev–Trinajstić information content (AvgIpc) is 2.62. The van der Waals surface area contributed by atoms with Crippen LogP contribution in [0.25, 0.3) is 11.4 Å². The monoisotopic (exact) mass is 371 g/mol. The summed E-state index contributed by atoms with van der Waals surface area (Å²) in [4.78, 5) is 21.1. The van der Waals surface area contributed by atoms with E-state index in [4.69, 9.17) is 16.3 Å². The summed E-state index contributed by atoms with van der Waals surface area (Å²) in [7, 11) is 1.50. The summed E-state index contributed by atoms with van der Waals surface area (Å²) in [5.74, 6) is 0.189. The molecule has 132 valence electrons. The molecule has 0 unspecified atom stereocenters. The fraction of sp³-hybridized carbons (Fsp3) is 0.105. The zero-order chi connectivity index (χ0) is 18.7. The number of methoxy groups -OCH3 is 1. The zero-order valence-electron chi connectivity index (χ0n) is 14.1. The van der Waals surface area contributed by atoms with Crippen molar-refractivity contribution in [2.45, 2.75) is 6.92 Å². The average molecular weight is 372 g/mol. The number of carbonyl (C=O) groups is 1. The quantitative estimate of drug-likeness (QED) is 0.733. The summed E-state index contributed by atoms with van der Waals surface area (Å²) in [6, 6.07) is 10.8. The lowest BCUT2D eigenvalue weighted by Gasteiger charge is -2.12. The molecule has 1 N–H and O–H groups in total. The van der Waals surface area contributed by atoms with Gasteiger partial charge < -0.3 is 10.1 Å². The molecule has 1 heterocycles. The predicted octanol–water partition coefficient (Wildman–Crippen LogP) is 4.51. The second-order valence-electron chi connectivity index (χ2n) is 5.50. The van der Waals surface area contributed by atoms with Crippen LogP contribution in [0.3, 0.4) is 0 Å². The van der Waals surface area contributed by atoms with Crippen molar-refractivity contribution in [3.05, 3.63) is 70.8 Å². The third-order valence-corrected chi connectivity index (χ3v) is 3.97. The van der Waals surface area contributed by atoms with E-state index in [1.54, 1.807) is 37.3 Å². The lowest BCUT2D eigenvalue weighted by atomic mass is 10.1. The van der Waals surface area contributed by atoms with Gasteiger partial charge >= 0.3 is 0 Å². The summed E-state index contributed by atoms with van der Waals surface area (Å²) in [5.41, 5.74) is 1.93. The van der Waals surface area contributed by atoms with E-state index in [-0.39, 0.29) is 11.7 Å². The van der Waals surface area contributed by atoms with Crippen LogP contribution in [0.1, 0.15) is 16.1 Å². The molecule has 0 saturated carbocycles. The number of hydrogen-bond donors (Lipinski definition) is 1. The highest BCUT2D eigenvalue weighted by atomic mass is 35.5. The van der Waals surface area contributed by atoms with Crippen LogP contribution in [0, 0.1) is 12.7 Å². The molecule has 0 bridgehead atoms. The highest BCUT2D eigenvalue weighted by Gasteiger charge is 2.15. The fourth-order valence-corrected chi connectivity index (χ4v) is 2.57. The summed E-state index contributed by atoms with van der Waals surface area (Å²) < 4.78 is 18.3. The van der Waals surface area contributed by atoms with Gasteiger partial charge in [0.15, 0.2) is 5.82 Å². The van der Waals surface area contributed by atoms with Crippen LogP contribution in [-0.4, -0.2) is 23.0 Å². The summed E-state index contributed by atoms with van der Waals surface area (Å²) in [5, 5.41) is 3.22. The predicted molar refractivity (Wildman–Crippen MR) is 98.1 cm³/mol. The van der Waals surface area contributed by atoms with E-state index >= 15 is 0 Å². The number of ether oxygens (including phenoxy) is 1. The van der Waals surface area contributed by atoms with Gasteiger partial charge in [-0.05, 0) is 49.4 Å². The Morgan fingerprint density at radius 2 is 1.92 bits per heavy atom. The van der Waals surface area contributed by atoms with Crippen LogP contribution in [0.5, 0.6) is 5.75 Å². The fourth-order valence-electron chi connectivity index (χ4n) is 2.40. The Bertz CT molecular complexity index is 961. The number of anilines is 1. The minimum atomic E-state index is -0.381. The number of rotatable bonds is 4. The van der Waals surface area contributed by atoms with Crippen molar-refractivity contribution in [3.8, 4) is 17.1 Å².